The van der Waals surface area contributed by atoms with Crippen LogP contribution in [0.3, 0.4) is 0 Å². The number of pyridine rings is 1. The lowest BCUT2D eigenvalue weighted by Gasteiger charge is -2.19. The predicted octanol–water partition coefficient (Wildman–Crippen LogP) is 4.46. The third kappa shape index (κ3) is 4.31. The molecule has 0 radical (unpaired) electrons. The average Bonchev–Trinajstić information content (AvgIpc) is 2.70. The molecule has 6 heteroatoms. The van der Waals surface area contributed by atoms with Crippen LogP contribution in [-0.2, 0) is 12.0 Å². The van der Waals surface area contributed by atoms with Crippen LogP contribution in [0.2, 0.25) is 0 Å². The highest BCUT2D eigenvalue weighted by molar-refractivity contribution is 5.80. The number of methoxy groups -OCH3 is 3. The monoisotopic (exact) mass is 396 g/mol. The fraction of sp³-hybridized carbons (Fsp3) is 0.348. The molecule has 154 valence electrons. The van der Waals surface area contributed by atoms with Crippen LogP contribution in [0.4, 0.5) is 5.69 Å². The maximum atomic E-state index is 12.5. The first kappa shape index (κ1) is 20.6. The Balaban J connectivity index is 1.92. The molecule has 0 amide bonds. The number of benzene rings is 2. The minimum Gasteiger partial charge on any atom is -0.493 e. The van der Waals surface area contributed by atoms with E-state index in [0.717, 1.165) is 16.6 Å². The van der Waals surface area contributed by atoms with E-state index < -0.39 is 0 Å². The van der Waals surface area contributed by atoms with Gasteiger partial charge in [0.15, 0.2) is 11.5 Å². The van der Waals surface area contributed by atoms with Crippen LogP contribution in [0.25, 0.3) is 10.9 Å². The second kappa shape index (κ2) is 8.07. The van der Waals surface area contributed by atoms with Gasteiger partial charge in [-0.15, -0.1) is 0 Å². The zero-order valence-electron chi connectivity index (χ0n) is 17.8. The molecule has 3 rings (SSSR count). The largest absolute Gasteiger partial charge is 0.493 e. The van der Waals surface area contributed by atoms with Crippen LogP contribution < -0.4 is 25.1 Å². The van der Waals surface area contributed by atoms with E-state index in [-0.39, 0.29) is 11.0 Å². The number of rotatable bonds is 6. The van der Waals surface area contributed by atoms with Crippen molar-refractivity contribution in [3.05, 3.63) is 57.9 Å². The molecule has 0 bridgehead atoms. The van der Waals surface area contributed by atoms with Gasteiger partial charge in [-0.1, -0.05) is 26.8 Å². The van der Waals surface area contributed by atoms with E-state index in [2.05, 4.69) is 43.2 Å². The SMILES string of the molecule is COc1cc(NCc2cc3cc(C(C)(C)C)ccc3[nH]c2=O)cc(OC)c1OC. The van der Waals surface area contributed by atoms with Crippen molar-refractivity contribution in [3.8, 4) is 17.2 Å². The normalized spacial score (nSPS) is 11.4. The topological polar surface area (TPSA) is 72.6 Å². The number of nitrogens with one attached hydrogen (secondary N) is 2. The Morgan fingerprint density at radius 2 is 1.59 bits per heavy atom. The summed E-state index contributed by atoms with van der Waals surface area (Å²) in [6.45, 7) is 6.88. The molecule has 0 aliphatic carbocycles. The van der Waals surface area contributed by atoms with Crippen LogP contribution in [0, 0.1) is 0 Å². The molecule has 0 atom stereocenters. The summed E-state index contributed by atoms with van der Waals surface area (Å²) in [5.41, 5.74) is 3.40. The number of fused-ring (bicyclic) bond motifs is 1. The average molecular weight is 396 g/mol. The summed E-state index contributed by atoms with van der Waals surface area (Å²) in [6, 6.07) is 11.7. The number of hydrogen-bond acceptors (Lipinski definition) is 5. The number of aromatic amines is 1. The molecule has 0 unspecified atom stereocenters. The molecule has 0 saturated heterocycles. The Morgan fingerprint density at radius 3 is 2.14 bits per heavy atom. The second-order valence-electron chi connectivity index (χ2n) is 7.94. The first-order valence-corrected chi connectivity index (χ1v) is 9.47. The van der Waals surface area contributed by atoms with Crippen molar-refractivity contribution in [2.45, 2.75) is 32.7 Å². The third-order valence-corrected chi connectivity index (χ3v) is 4.93. The summed E-state index contributed by atoms with van der Waals surface area (Å²) in [5.74, 6) is 1.63. The minimum absolute atomic E-state index is 0.0406. The van der Waals surface area contributed by atoms with Crippen LogP contribution >= 0.6 is 0 Å². The van der Waals surface area contributed by atoms with Crippen LogP contribution in [-0.4, -0.2) is 26.3 Å². The maximum Gasteiger partial charge on any atom is 0.253 e. The smallest absolute Gasteiger partial charge is 0.253 e. The maximum absolute atomic E-state index is 12.5. The Kier molecular flexibility index (Phi) is 5.73. The van der Waals surface area contributed by atoms with Crippen molar-refractivity contribution >= 4 is 16.6 Å². The van der Waals surface area contributed by atoms with Crippen molar-refractivity contribution in [2.24, 2.45) is 0 Å². The molecule has 0 aliphatic heterocycles. The van der Waals surface area contributed by atoms with Gasteiger partial charge in [0, 0.05) is 35.4 Å². The number of aromatic nitrogens is 1. The van der Waals surface area contributed by atoms with Crippen molar-refractivity contribution in [2.75, 3.05) is 26.6 Å². The summed E-state index contributed by atoms with van der Waals surface area (Å²) in [7, 11) is 4.71. The highest BCUT2D eigenvalue weighted by atomic mass is 16.5. The van der Waals surface area contributed by atoms with Gasteiger partial charge >= 0.3 is 0 Å². The van der Waals surface area contributed by atoms with Gasteiger partial charge in [-0.3, -0.25) is 4.79 Å². The molecule has 0 aliphatic rings. The lowest BCUT2D eigenvalue weighted by Crippen LogP contribution is -2.16. The van der Waals surface area contributed by atoms with Crippen LogP contribution in [0.15, 0.2) is 41.2 Å². The lowest BCUT2D eigenvalue weighted by atomic mass is 9.86. The van der Waals surface area contributed by atoms with E-state index in [9.17, 15) is 4.79 Å². The van der Waals surface area contributed by atoms with E-state index in [0.29, 0.717) is 29.4 Å². The van der Waals surface area contributed by atoms with Crippen molar-refractivity contribution in [1.29, 1.82) is 0 Å². The molecule has 2 N–H and O–H groups in total. The fourth-order valence-electron chi connectivity index (χ4n) is 3.23. The summed E-state index contributed by atoms with van der Waals surface area (Å²) in [6.07, 6.45) is 0. The highest BCUT2D eigenvalue weighted by Crippen LogP contribution is 2.40. The number of H-pyrrole nitrogens is 1. The molecule has 3 aromatic rings. The Hall–Kier alpha value is -3.15. The molecule has 0 spiro atoms. The van der Waals surface area contributed by atoms with Gasteiger partial charge in [0.2, 0.25) is 5.75 Å². The Morgan fingerprint density at radius 1 is 0.931 bits per heavy atom. The molecule has 1 aromatic heterocycles. The summed E-state index contributed by atoms with van der Waals surface area (Å²) in [4.78, 5) is 15.5. The van der Waals surface area contributed by atoms with Crippen molar-refractivity contribution in [3.63, 3.8) is 0 Å². The van der Waals surface area contributed by atoms with Crippen molar-refractivity contribution < 1.29 is 14.2 Å². The fourth-order valence-corrected chi connectivity index (χ4v) is 3.23. The molecule has 0 saturated carbocycles. The number of ether oxygens (including phenoxy) is 3. The number of hydrogen-bond donors (Lipinski definition) is 2. The van der Waals surface area contributed by atoms with Gasteiger partial charge in [-0.05, 0) is 34.6 Å². The third-order valence-electron chi connectivity index (χ3n) is 4.93. The summed E-state index contributed by atoms with van der Waals surface area (Å²) < 4.78 is 16.1. The van der Waals surface area contributed by atoms with Gasteiger partial charge in [-0.25, -0.2) is 0 Å². The van der Waals surface area contributed by atoms with E-state index >= 15 is 0 Å². The minimum atomic E-state index is -0.110. The zero-order chi connectivity index (χ0) is 21.2. The standard InChI is InChI=1S/C23H28N2O4/c1-23(2,3)16-7-8-18-14(10-16)9-15(22(26)25-18)13-24-17-11-19(27-4)21(29-6)20(12-17)28-5/h7-12,24H,13H2,1-6H3,(H,25,26). The quantitative estimate of drug-likeness (QED) is 0.643. The predicted molar refractivity (Wildman–Crippen MR) is 117 cm³/mol. The molecule has 2 aromatic carbocycles. The zero-order valence-corrected chi connectivity index (χ0v) is 17.8. The van der Waals surface area contributed by atoms with Gasteiger partial charge < -0.3 is 24.5 Å². The van der Waals surface area contributed by atoms with E-state index in [4.69, 9.17) is 14.2 Å². The molecule has 6 nitrogen and oxygen atoms in total. The highest BCUT2D eigenvalue weighted by Gasteiger charge is 2.15. The summed E-state index contributed by atoms with van der Waals surface area (Å²) in [5, 5.41) is 4.29. The number of anilines is 1. The molecular formula is C23H28N2O4. The molecular weight excluding hydrogens is 368 g/mol. The van der Waals surface area contributed by atoms with Gasteiger partial charge in [0.1, 0.15) is 0 Å². The molecule has 1 heterocycles. The van der Waals surface area contributed by atoms with E-state index in [1.54, 1.807) is 21.3 Å². The van der Waals surface area contributed by atoms with Crippen LogP contribution in [0.1, 0.15) is 31.9 Å². The molecule has 29 heavy (non-hydrogen) atoms. The van der Waals surface area contributed by atoms with Crippen LogP contribution in [0.5, 0.6) is 17.2 Å². The summed E-state index contributed by atoms with van der Waals surface area (Å²) >= 11 is 0. The van der Waals surface area contributed by atoms with Gasteiger partial charge in [0.05, 0.1) is 21.3 Å². The first-order chi connectivity index (χ1) is 13.8. The van der Waals surface area contributed by atoms with Gasteiger partial charge in [0.25, 0.3) is 5.56 Å². The lowest BCUT2D eigenvalue weighted by molar-refractivity contribution is 0.324. The molecule has 0 fully saturated rings. The van der Waals surface area contributed by atoms with E-state index in [1.807, 2.05) is 24.3 Å². The van der Waals surface area contributed by atoms with Crippen molar-refractivity contribution in [1.82, 2.24) is 4.98 Å². The van der Waals surface area contributed by atoms with Gasteiger partial charge in [-0.2, -0.15) is 0 Å². The second-order valence-corrected chi connectivity index (χ2v) is 7.94. The van der Waals surface area contributed by atoms with E-state index in [1.165, 1.54) is 5.56 Å². The first-order valence-electron chi connectivity index (χ1n) is 9.47. The Bertz CT molecular complexity index is 1060. The Labute approximate surface area is 170 Å².